The van der Waals surface area contributed by atoms with Gasteiger partial charge in [0.25, 0.3) is 5.91 Å². The molecule has 4 heterocycles. The van der Waals surface area contributed by atoms with Gasteiger partial charge < -0.3 is 14.4 Å². The highest BCUT2D eigenvalue weighted by molar-refractivity contribution is 7.14. The van der Waals surface area contributed by atoms with Crippen molar-refractivity contribution in [3.05, 3.63) is 81.2 Å². The van der Waals surface area contributed by atoms with Crippen molar-refractivity contribution >= 4 is 23.0 Å². The van der Waals surface area contributed by atoms with Crippen LogP contribution in [0.15, 0.2) is 58.7 Å². The monoisotopic (exact) mass is 395 g/mol. The zero-order valence-corrected chi connectivity index (χ0v) is 16.1. The number of carbonyl (C=O) groups is 2. The van der Waals surface area contributed by atoms with E-state index in [4.69, 9.17) is 4.42 Å². The molecule has 7 nitrogen and oxygen atoms in total. The highest BCUT2D eigenvalue weighted by Gasteiger charge is 2.44. The molecule has 1 aliphatic heterocycles. The van der Waals surface area contributed by atoms with Gasteiger partial charge in [0.05, 0.1) is 40.0 Å². The minimum absolute atomic E-state index is 0.0382. The van der Waals surface area contributed by atoms with E-state index >= 15 is 0 Å². The third kappa shape index (κ3) is 3.01. The molecule has 4 rings (SSSR count). The number of thiazole rings is 1. The Kier molecular flexibility index (Phi) is 4.56. The minimum atomic E-state index is -0.763. The van der Waals surface area contributed by atoms with Crippen LogP contribution in [0.4, 0.5) is 0 Å². The van der Waals surface area contributed by atoms with Crippen molar-refractivity contribution in [2.75, 3.05) is 0 Å². The molecule has 1 N–H and O–H groups in total. The second-order valence-electron chi connectivity index (χ2n) is 6.44. The Hall–Kier alpha value is -3.26. The van der Waals surface area contributed by atoms with Gasteiger partial charge in [-0.15, -0.1) is 11.3 Å². The van der Waals surface area contributed by atoms with E-state index < -0.39 is 23.5 Å². The van der Waals surface area contributed by atoms with Crippen LogP contribution < -0.4 is 0 Å². The van der Waals surface area contributed by atoms with E-state index in [0.29, 0.717) is 21.9 Å². The number of hydrogen-bond acceptors (Lipinski definition) is 7. The summed E-state index contributed by atoms with van der Waals surface area (Å²) in [6.45, 7) is 3.67. The van der Waals surface area contributed by atoms with Crippen LogP contribution in [0.25, 0.3) is 0 Å². The predicted octanol–water partition coefficient (Wildman–Crippen LogP) is 3.53. The van der Waals surface area contributed by atoms with Crippen LogP contribution in [0, 0.1) is 13.8 Å². The van der Waals surface area contributed by atoms with Gasteiger partial charge >= 0.3 is 0 Å². The van der Waals surface area contributed by atoms with Crippen LogP contribution in [0.1, 0.15) is 37.7 Å². The fourth-order valence-electron chi connectivity index (χ4n) is 3.37. The number of hydrogen-bond donors (Lipinski definition) is 1. The molecule has 1 amide bonds. The lowest BCUT2D eigenvalue weighted by atomic mass is 9.96. The third-order valence-corrected chi connectivity index (χ3v) is 5.64. The molecule has 0 fully saturated rings. The Labute approximate surface area is 165 Å². The van der Waals surface area contributed by atoms with Crippen LogP contribution >= 0.6 is 11.3 Å². The summed E-state index contributed by atoms with van der Waals surface area (Å²) in [6.07, 6.45) is 4.71. The first-order valence-electron chi connectivity index (χ1n) is 8.62. The van der Waals surface area contributed by atoms with E-state index in [9.17, 15) is 14.7 Å². The quantitative estimate of drug-likeness (QED) is 0.664. The maximum Gasteiger partial charge on any atom is 0.290 e. The lowest BCUT2D eigenvalue weighted by Gasteiger charge is -2.25. The number of aryl methyl sites for hydroxylation is 2. The Morgan fingerprint density at radius 3 is 2.75 bits per heavy atom. The molecule has 3 aromatic rings. The van der Waals surface area contributed by atoms with Gasteiger partial charge in [0.2, 0.25) is 5.78 Å². The fraction of sp³-hybridized carbons (Fsp3) is 0.200. The van der Waals surface area contributed by atoms with Gasteiger partial charge in [0.1, 0.15) is 5.76 Å². The summed E-state index contributed by atoms with van der Waals surface area (Å²) < 4.78 is 5.36. The number of carbonyl (C=O) groups excluding carboxylic acids is 2. The van der Waals surface area contributed by atoms with Gasteiger partial charge in [-0.25, -0.2) is 4.98 Å². The lowest BCUT2D eigenvalue weighted by Crippen LogP contribution is -2.30. The number of ketones is 1. The van der Waals surface area contributed by atoms with Crippen molar-refractivity contribution in [3.63, 3.8) is 0 Å². The standard InChI is InChI=1S/C20H17N3O4S/c1-11-19(28-12(2)22-11)17(24)15-16(13-5-3-7-21-9-13)23(20(26)18(15)25)10-14-6-4-8-27-14/h3-9,16,25H,10H2,1-2H3/t16-/m0/s1. The topological polar surface area (TPSA) is 96.5 Å². The van der Waals surface area contributed by atoms with E-state index in [1.54, 1.807) is 43.6 Å². The number of aromatic nitrogens is 2. The molecule has 1 atom stereocenters. The molecule has 28 heavy (non-hydrogen) atoms. The zero-order chi connectivity index (χ0) is 19.8. The number of amides is 1. The van der Waals surface area contributed by atoms with Crippen LogP contribution in [0.5, 0.6) is 0 Å². The maximum absolute atomic E-state index is 13.3. The molecule has 0 aromatic carbocycles. The SMILES string of the molecule is Cc1nc(C)c(C(=O)C2=C(O)C(=O)N(Cc3ccco3)[C@H]2c2cccnc2)s1. The van der Waals surface area contributed by atoms with Crippen molar-refractivity contribution in [1.29, 1.82) is 0 Å². The number of furan rings is 1. The lowest BCUT2D eigenvalue weighted by molar-refractivity contribution is -0.130. The van der Waals surface area contributed by atoms with Crippen LogP contribution in [-0.4, -0.2) is 31.7 Å². The molecule has 0 radical (unpaired) electrons. The Morgan fingerprint density at radius 2 is 2.14 bits per heavy atom. The van der Waals surface area contributed by atoms with E-state index in [0.717, 1.165) is 5.01 Å². The van der Waals surface area contributed by atoms with Crippen molar-refractivity contribution in [2.24, 2.45) is 0 Å². The number of nitrogens with zero attached hydrogens (tertiary/aromatic N) is 3. The van der Waals surface area contributed by atoms with E-state index in [1.165, 1.54) is 22.5 Å². The van der Waals surface area contributed by atoms with E-state index in [-0.39, 0.29) is 12.1 Å². The molecule has 3 aromatic heterocycles. The second kappa shape index (κ2) is 7.05. The molecule has 0 saturated heterocycles. The molecule has 0 aliphatic carbocycles. The predicted molar refractivity (Wildman–Crippen MR) is 102 cm³/mol. The minimum Gasteiger partial charge on any atom is -0.503 e. The molecular weight excluding hydrogens is 378 g/mol. The van der Waals surface area contributed by atoms with E-state index in [2.05, 4.69) is 9.97 Å². The van der Waals surface area contributed by atoms with Crippen molar-refractivity contribution in [1.82, 2.24) is 14.9 Å². The van der Waals surface area contributed by atoms with Crippen molar-refractivity contribution in [3.8, 4) is 0 Å². The smallest absolute Gasteiger partial charge is 0.290 e. The number of aliphatic hydroxyl groups excluding tert-OH is 1. The number of rotatable bonds is 5. The summed E-state index contributed by atoms with van der Waals surface area (Å²) in [6, 6.07) is 6.20. The molecule has 0 bridgehead atoms. The second-order valence-corrected chi connectivity index (χ2v) is 7.64. The first-order valence-corrected chi connectivity index (χ1v) is 9.44. The summed E-state index contributed by atoms with van der Waals surface area (Å²) in [5, 5.41) is 11.4. The molecule has 0 unspecified atom stereocenters. The number of Topliss-reactive ketones (excluding diaryl/α,β-unsaturated/α-hetero) is 1. The molecule has 8 heteroatoms. The van der Waals surface area contributed by atoms with Crippen LogP contribution in [0.2, 0.25) is 0 Å². The van der Waals surface area contributed by atoms with Gasteiger partial charge in [-0.3, -0.25) is 14.6 Å². The van der Waals surface area contributed by atoms with E-state index in [1.807, 2.05) is 6.92 Å². The average Bonchev–Trinajstić information content (AvgIpc) is 3.37. The molecule has 0 spiro atoms. The average molecular weight is 395 g/mol. The summed E-state index contributed by atoms with van der Waals surface area (Å²) in [5.41, 5.74) is 1.25. The summed E-state index contributed by atoms with van der Waals surface area (Å²) in [7, 11) is 0. The molecular formula is C20H17N3O4S. The Morgan fingerprint density at radius 1 is 1.32 bits per heavy atom. The van der Waals surface area contributed by atoms with Gasteiger partial charge in [0.15, 0.2) is 5.76 Å². The Balaban J connectivity index is 1.81. The first kappa shape index (κ1) is 18.1. The van der Waals surface area contributed by atoms with Crippen LogP contribution in [0.3, 0.4) is 0 Å². The fourth-order valence-corrected chi connectivity index (χ4v) is 4.24. The molecule has 142 valence electrons. The molecule has 0 saturated carbocycles. The first-order chi connectivity index (χ1) is 13.5. The summed E-state index contributed by atoms with van der Waals surface area (Å²) in [4.78, 5) is 36.4. The van der Waals surface area contributed by atoms with Crippen LogP contribution in [-0.2, 0) is 11.3 Å². The Bertz CT molecular complexity index is 1070. The van der Waals surface area contributed by atoms with Crippen molar-refractivity contribution in [2.45, 2.75) is 26.4 Å². The summed E-state index contributed by atoms with van der Waals surface area (Å²) in [5.74, 6) is -1.01. The molecule has 1 aliphatic rings. The van der Waals surface area contributed by atoms with Gasteiger partial charge in [0, 0.05) is 12.4 Å². The highest BCUT2D eigenvalue weighted by atomic mass is 32.1. The largest absolute Gasteiger partial charge is 0.503 e. The van der Waals surface area contributed by atoms with Gasteiger partial charge in [-0.1, -0.05) is 6.07 Å². The maximum atomic E-state index is 13.3. The number of pyridine rings is 1. The third-order valence-electron chi connectivity index (χ3n) is 4.56. The number of aliphatic hydroxyl groups is 1. The van der Waals surface area contributed by atoms with Crippen molar-refractivity contribution < 1.29 is 19.1 Å². The summed E-state index contributed by atoms with van der Waals surface area (Å²) >= 11 is 1.25. The zero-order valence-electron chi connectivity index (χ0n) is 15.2. The highest BCUT2D eigenvalue weighted by Crippen LogP contribution is 2.40. The van der Waals surface area contributed by atoms with Gasteiger partial charge in [-0.05, 0) is 37.6 Å². The normalized spacial score (nSPS) is 16.9. The van der Waals surface area contributed by atoms with Gasteiger partial charge in [-0.2, -0.15) is 0 Å².